The van der Waals surface area contributed by atoms with E-state index in [0.717, 1.165) is 42.5 Å². The minimum absolute atomic E-state index is 0.120. The zero-order valence-electron chi connectivity index (χ0n) is 13.1. The van der Waals surface area contributed by atoms with Gasteiger partial charge in [-0.3, -0.25) is 14.8 Å². The topological polar surface area (TPSA) is 58.1 Å². The fourth-order valence-corrected chi connectivity index (χ4v) is 3.00. The molecule has 3 heterocycles. The summed E-state index contributed by atoms with van der Waals surface area (Å²) in [5.74, 6) is 0.304. The van der Waals surface area contributed by atoms with Crippen LogP contribution in [0.3, 0.4) is 0 Å². The van der Waals surface area contributed by atoms with Crippen LogP contribution in [0.2, 0.25) is 0 Å². The third kappa shape index (κ3) is 3.03. The van der Waals surface area contributed by atoms with E-state index in [9.17, 15) is 4.79 Å². The number of fused-ring (bicyclic) bond motifs is 1. The molecule has 0 unspecified atom stereocenters. The number of pyridine rings is 2. The summed E-state index contributed by atoms with van der Waals surface area (Å²) in [7, 11) is 0. The summed E-state index contributed by atoms with van der Waals surface area (Å²) in [6.45, 7) is 5.74. The fourth-order valence-electron chi connectivity index (χ4n) is 3.00. The molecule has 2 aromatic heterocycles. The highest BCUT2D eigenvalue weighted by Gasteiger charge is 2.26. The van der Waals surface area contributed by atoms with Crippen LogP contribution in [-0.2, 0) is 4.79 Å². The maximum absolute atomic E-state index is 12.1. The molecule has 0 atom stereocenters. The molecule has 22 heavy (non-hydrogen) atoms. The summed E-state index contributed by atoms with van der Waals surface area (Å²) in [5.41, 5.74) is 2.06. The minimum Gasteiger partial charge on any atom is -0.368 e. The first-order valence-corrected chi connectivity index (χ1v) is 7.89. The number of hydrogen-bond donors (Lipinski definition) is 1. The molecule has 3 rings (SSSR count). The lowest BCUT2D eigenvalue weighted by atomic mass is 9.95. The maximum Gasteiger partial charge on any atom is 0.223 e. The van der Waals surface area contributed by atoms with Crippen LogP contribution in [0, 0.1) is 5.92 Å². The molecule has 0 spiro atoms. The molecule has 1 aliphatic heterocycles. The predicted molar refractivity (Wildman–Crippen MR) is 87.8 cm³/mol. The van der Waals surface area contributed by atoms with E-state index in [4.69, 9.17) is 0 Å². The number of anilines is 1. The molecule has 0 bridgehead atoms. The normalized spacial score (nSPS) is 16.2. The lowest BCUT2D eigenvalue weighted by molar-refractivity contribution is -0.126. The average Bonchev–Trinajstić information content (AvgIpc) is 2.54. The molecule has 0 aromatic carbocycles. The van der Waals surface area contributed by atoms with Crippen molar-refractivity contribution >= 4 is 22.5 Å². The molecule has 0 aliphatic carbocycles. The first-order chi connectivity index (χ1) is 10.6. The lowest BCUT2D eigenvalue weighted by Gasteiger charge is -2.33. The van der Waals surface area contributed by atoms with E-state index in [0.29, 0.717) is 0 Å². The lowest BCUT2D eigenvalue weighted by Crippen LogP contribution is -2.42. The Hall–Kier alpha value is -2.17. The van der Waals surface area contributed by atoms with Crippen molar-refractivity contribution in [1.29, 1.82) is 0 Å². The van der Waals surface area contributed by atoms with Gasteiger partial charge in [0.1, 0.15) is 0 Å². The molecule has 1 saturated heterocycles. The first kappa shape index (κ1) is 14.8. The molecule has 5 nitrogen and oxygen atoms in total. The molecule has 0 saturated carbocycles. The van der Waals surface area contributed by atoms with Crippen molar-refractivity contribution in [3.63, 3.8) is 0 Å². The van der Waals surface area contributed by atoms with Crippen molar-refractivity contribution in [3.8, 4) is 0 Å². The number of carbonyl (C=O) groups is 1. The van der Waals surface area contributed by atoms with Gasteiger partial charge in [0.05, 0.1) is 17.4 Å². The summed E-state index contributed by atoms with van der Waals surface area (Å²) in [4.78, 5) is 23.2. The summed E-state index contributed by atoms with van der Waals surface area (Å²) in [6.07, 6.45) is 7.29. The molecular formula is C17H22N4O. The average molecular weight is 298 g/mol. The van der Waals surface area contributed by atoms with Gasteiger partial charge in [-0.2, -0.15) is 0 Å². The molecule has 1 aliphatic rings. The standard InChI is InChI=1S/C17H22N4O/c1-12(2)20-17(22)13-5-8-21(9-6-13)15-11-18-10-14-4-3-7-19-16(14)15/h3-4,7,10-13H,5-6,8-9H2,1-2H3,(H,20,22). The van der Waals surface area contributed by atoms with E-state index < -0.39 is 0 Å². The third-order valence-electron chi connectivity index (χ3n) is 4.13. The summed E-state index contributed by atoms with van der Waals surface area (Å²) in [6, 6.07) is 4.16. The van der Waals surface area contributed by atoms with Crippen LogP contribution in [0.4, 0.5) is 5.69 Å². The predicted octanol–water partition coefficient (Wildman–Crippen LogP) is 2.37. The van der Waals surface area contributed by atoms with Gasteiger partial charge in [0.15, 0.2) is 0 Å². The van der Waals surface area contributed by atoms with Gasteiger partial charge in [-0.1, -0.05) is 0 Å². The van der Waals surface area contributed by atoms with E-state index in [1.54, 1.807) is 0 Å². The second kappa shape index (κ2) is 6.30. The van der Waals surface area contributed by atoms with Crippen molar-refractivity contribution in [2.75, 3.05) is 18.0 Å². The van der Waals surface area contributed by atoms with Gasteiger partial charge in [-0.15, -0.1) is 0 Å². The van der Waals surface area contributed by atoms with Crippen LogP contribution >= 0.6 is 0 Å². The SMILES string of the molecule is CC(C)NC(=O)C1CCN(c2cncc3cccnc23)CC1. The first-order valence-electron chi connectivity index (χ1n) is 7.89. The van der Waals surface area contributed by atoms with Gasteiger partial charge in [0, 0.05) is 42.8 Å². The van der Waals surface area contributed by atoms with E-state index in [1.807, 2.05) is 44.6 Å². The molecular weight excluding hydrogens is 276 g/mol. The van der Waals surface area contributed by atoms with Crippen LogP contribution in [-0.4, -0.2) is 35.0 Å². The van der Waals surface area contributed by atoms with Crippen molar-refractivity contribution in [3.05, 3.63) is 30.7 Å². The fraction of sp³-hybridized carbons (Fsp3) is 0.471. The van der Waals surface area contributed by atoms with Crippen LogP contribution in [0.25, 0.3) is 10.9 Å². The van der Waals surface area contributed by atoms with Crippen LogP contribution < -0.4 is 10.2 Å². The van der Waals surface area contributed by atoms with Crippen molar-refractivity contribution in [1.82, 2.24) is 15.3 Å². The quantitative estimate of drug-likeness (QED) is 0.945. The molecule has 2 aromatic rings. The highest BCUT2D eigenvalue weighted by molar-refractivity contribution is 5.89. The van der Waals surface area contributed by atoms with Gasteiger partial charge in [-0.05, 0) is 38.8 Å². The van der Waals surface area contributed by atoms with Gasteiger partial charge in [-0.25, -0.2) is 0 Å². The molecule has 0 radical (unpaired) electrons. The largest absolute Gasteiger partial charge is 0.368 e. The summed E-state index contributed by atoms with van der Waals surface area (Å²) in [5, 5.41) is 4.07. The number of amides is 1. The summed E-state index contributed by atoms with van der Waals surface area (Å²) >= 11 is 0. The Labute approximate surface area is 130 Å². The number of piperidine rings is 1. The zero-order chi connectivity index (χ0) is 15.5. The Bertz CT molecular complexity index is 657. The zero-order valence-corrected chi connectivity index (χ0v) is 13.1. The van der Waals surface area contributed by atoms with E-state index >= 15 is 0 Å². The molecule has 1 amide bonds. The second-order valence-corrected chi connectivity index (χ2v) is 6.16. The van der Waals surface area contributed by atoms with Crippen molar-refractivity contribution in [2.45, 2.75) is 32.7 Å². The monoisotopic (exact) mass is 298 g/mol. The van der Waals surface area contributed by atoms with Crippen LogP contribution in [0.1, 0.15) is 26.7 Å². The summed E-state index contributed by atoms with van der Waals surface area (Å²) < 4.78 is 0. The number of aromatic nitrogens is 2. The Morgan fingerprint density at radius 3 is 2.82 bits per heavy atom. The number of nitrogens with one attached hydrogen (secondary N) is 1. The van der Waals surface area contributed by atoms with E-state index in [-0.39, 0.29) is 17.9 Å². The number of carbonyl (C=O) groups excluding carboxylic acids is 1. The number of rotatable bonds is 3. The van der Waals surface area contributed by atoms with Crippen molar-refractivity contribution < 1.29 is 4.79 Å². The number of nitrogens with zero attached hydrogens (tertiary/aromatic N) is 3. The Morgan fingerprint density at radius 1 is 1.32 bits per heavy atom. The van der Waals surface area contributed by atoms with Gasteiger partial charge in [0.2, 0.25) is 5.91 Å². The second-order valence-electron chi connectivity index (χ2n) is 6.16. The van der Waals surface area contributed by atoms with Crippen molar-refractivity contribution in [2.24, 2.45) is 5.92 Å². The third-order valence-corrected chi connectivity index (χ3v) is 4.13. The van der Waals surface area contributed by atoms with Crippen LogP contribution in [0.5, 0.6) is 0 Å². The Kier molecular flexibility index (Phi) is 4.22. The highest BCUT2D eigenvalue weighted by atomic mass is 16.1. The van der Waals surface area contributed by atoms with E-state index in [1.165, 1.54) is 0 Å². The Morgan fingerprint density at radius 2 is 2.09 bits per heavy atom. The minimum atomic E-state index is 0.120. The molecule has 116 valence electrons. The van der Waals surface area contributed by atoms with Gasteiger partial charge >= 0.3 is 0 Å². The van der Waals surface area contributed by atoms with Gasteiger partial charge < -0.3 is 10.2 Å². The maximum atomic E-state index is 12.1. The van der Waals surface area contributed by atoms with Crippen LogP contribution in [0.15, 0.2) is 30.7 Å². The Balaban J connectivity index is 1.72. The highest BCUT2D eigenvalue weighted by Crippen LogP contribution is 2.28. The van der Waals surface area contributed by atoms with Gasteiger partial charge in [0.25, 0.3) is 0 Å². The van der Waals surface area contributed by atoms with E-state index in [2.05, 4.69) is 20.2 Å². The smallest absolute Gasteiger partial charge is 0.223 e. The molecule has 1 N–H and O–H groups in total. The number of hydrogen-bond acceptors (Lipinski definition) is 4. The molecule has 1 fully saturated rings. The molecule has 5 heteroatoms.